The minimum Gasteiger partial charge on any atom is -0.195 e. The van der Waals surface area contributed by atoms with Gasteiger partial charge in [0.05, 0.1) is 0 Å². The second-order valence-corrected chi connectivity index (χ2v) is 3.46. The van der Waals surface area contributed by atoms with Gasteiger partial charge in [0.2, 0.25) is 0 Å². The van der Waals surface area contributed by atoms with E-state index in [1.165, 1.54) is 6.92 Å². The summed E-state index contributed by atoms with van der Waals surface area (Å²) in [5.74, 6) is -19.0. The lowest BCUT2D eigenvalue weighted by molar-refractivity contribution is -0.388. The monoisotopic (exact) mass is 288 g/mol. The molecule has 0 saturated carbocycles. The Labute approximate surface area is 96.5 Å². The molecule has 0 unspecified atom stereocenters. The van der Waals surface area contributed by atoms with E-state index in [0.29, 0.717) is 6.08 Å². The van der Waals surface area contributed by atoms with E-state index in [4.69, 9.17) is 0 Å². The summed E-state index contributed by atoms with van der Waals surface area (Å²) < 4.78 is 110. The van der Waals surface area contributed by atoms with Crippen molar-refractivity contribution in [3.63, 3.8) is 0 Å². The molecular formula is C9H9F9. The number of hydrogen-bond donors (Lipinski definition) is 0. The standard InChI is InChI=1S/C9H9F9/c1-2-3-4-5-6(10,11)7(12,13)8(14,15)9(16,17)18/h4-5H,2-3H2,1H3/b5-4+. The van der Waals surface area contributed by atoms with Gasteiger partial charge in [-0.05, 0) is 12.5 Å². The first-order chi connectivity index (χ1) is 7.81. The van der Waals surface area contributed by atoms with Crippen LogP contribution in [0.1, 0.15) is 19.8 Å². The molecule has 0 N–H and O–H groups in total. The van der Waals surface area contributed by atoms with E-state index in [0.717, 1.165) is 0 Å². The van der Waals surface area contributed by atoms with Gasteiger partial charge in [0.25, 0.3) is 0 Å². The molecular weight excluding hydrogens is 279 g/mol. The summed E-state index contributed by atoms with van der Waals surface area (Å²) in [6, 6.07) is 0. The van der Waals surface area contributed by atoms with Crippen LogP contribution in [0.5, 0.6) is 0 Å². The molecule has 0 spiro atoms. The molecule has 0 atom stereocenters. The van der Waals surface area contributed by atoms with E-state index < -0.39 is 30.0 Å². The molecule has 0 saturated heterocycles. The molecule has 0 aliphatic heterocycles. The molecule has 0 aromatic heterocycles. The smallest absolute Gasteiger partial charge is 0.195 e. The molecule has 0 nitrogen and oxygen atoms in total. The van der Waals surface area contributed by atoms with Crippen molar-refractivity contribution in [2.45, 2.75) is 43.7 Å². The Kier molecular flexibility index (Phi) is 4.76. The zero-order valence-electron chi connectivity index (χ0n) is 8.97. The maximum atomic E-state index is 12.7. The minimum absolute atomic E-state index is 0.150. The maximum Gasteiger partial charge on any atom is 0.460 e. The molecule has 0 aromatic rings. The van der Waals surface area contributed by atoms with Gasteiger partial charge in [-0.25, -0.2) is 0 Å². The van der Waals surface area contributed by atoms with Crippen LogP contribution in [0.15, 0.2) is 12.2 Å². The van der Waals surface area contributed by atoms with Crippen molar-refractivity contribution in [1.29, 1.82) is 0 Å². The van der Waals surface area contributed by atoms with Crippen molar-refractivity contribution in [3.05, 3.63) is 12.2 Å². The second kappa shape index (κ2) is 5.00. The Hall–Kier alpha value is -0.890. The molecule has 0 fully saturated rings. The molecule has 0 aromatic carbocycles. The summed E-state index contributed by atoms with van der Waals surface area (Å²) in [6.07, 6.45) is -6.87. The highest BCUT2D eigenvalue weighted by Crippen LogP contribution is 2.53. The van der Waals surface area contributed by atoms with Gasteiger partial charge in [0, 0.05) is 0 Å². The van der Waals surface area contributed by atoms with Gasteiger partial charge in [-0.1, -0.05) is 19.4 Å². The van der Waals surface area contributed by atoms with Gasteiger partial charge < -0.3 is 0 Å². The molecule has 18 heavy (non-hydrogen) atoms. The molecule has 0 amide bonds. The van der Waals surface area contributed by atoms with Crippen LogP contribution in [0.4, 0.5) is 39.5 Å². The molecule has 0 radical (unpaired) electrons. The molecule has 0 heterocycles. The fourth-order valence-electron chi connectivity index (χ4n) is 0.890. The van der Waals surface area contributed by atoms with E-state index in [1.807, 2.05) is 0 Å². The third-order valence-electron chi connectivity index (χ3n) is 1.95. The Morgan fingerprint density at radius 1 is 0.778 bits per heavy atom. The highest BCUT2D eigenvalue weighted by Gasteiger charge is 2.81. The number of hydrogen-bond acceptors (Lipinski definition) is 0. The fraction of sp³-hybridized carbons (Fsp3) is 0.778. The van der Waals surface area contributed by atoms with Crippen LogP contribution in [0, 0.1) is 0 Å². The highest BCUT2D eigenvalue weighted by molar-refractivity contribution is 5.09. The number of alkyl halides is 9. The van der Waals surface area contributed by atoms with Crippen LogP contribution >= 0.6 is 0 Å². The van der Waals surface area contributed by atoms with E-state index in [9.17, 15) is 39.5 Å². The predicted octanol–water partition coefficient (Wildman–Crippen LogP) is 4.81. The lowest BCUT2D eigenvalue weighted by Gasteiger charge is -2.32. The van der Waals surface area contributed by atoms with Gasteiger partial charge >= 0.3 is 23.9 Å². The Morgan fingerprint density at radius 2 is 1.22 bits per heavy atom. The van der Waals surface area contributed by atoms with Crippen molar-refractivity contribution in [2.24, 2.45) is 0 Å². The number of rotatable bonds is 5. The minimum atomic E-state index is -6.82. The molecule has 9 heteroatoms. The Morgan fingerprint density at radius 3 is 1.56 bits per heavy atom. The lowest BCUT2D eigenvalue weighted by Crippen LogP contribution is -2.60. The zero-order chi connectivity index (χ0) is 14.8. The maximum absolute atomic E-state index is 12.7. The summed E-state index contributed by atoms with van der Waals surface area (Å²) in [6.45, 7) is 1.48. The van der Waals surface area contributed by atoms with Crippen molar-refractivity contribution in [3.8, 4) is 0 Å². The molecule has 0 aliphatic rings. The third kappa shape index (κ3) is 2.92. The summed E-state index contributed by atoms with van der Waals surface area (Å²) in [5, 5.41) is 0. The van der Waals surface area contributed by atoms with E-state index in [1.54, 1.807) is 0 Å². The van der Waals surface area contributed by atoms with Gasteiger partial charge in [-0.2, -0.15) is 39.5 Å². The van der Waals surface area contributed by atoms with Crippen LogP contribution in [-0.2, 0) is 0 Å². The van der Waals surface area contributed by atoms with Crippen molar-refractivity contribution in [1.82, 2.24) is 0 Å². The number of unbranched alkanes of at least 4 members (excludes halogenated alkanes) is 1. The van der Waals surface area contributed by atoms with Crippen molar-refractivity contribution in [2.75, 3.05) is 0 Å². The van der Waals surface area contributed by atoms with Gasteiger partial charge in [0.1, 0.15) is 0 Å². The molecule has 0 aliphatic carbocycles. The van der Waals surface area contributed by atoms with Gasteiger partial charge in [-0.15, -0.1) is 0 Å². The first-order valence-electron chi connectivity index (χ1n) is 4.69. The van der Waals surface area contributed by atoms with Crippen LogP contribution in [0.2, 0.25) is 0 Å². The Balaban J connectivity index is 5.36. The van der Waals surface area contributed by atoms with E-state index in [2.05, 4.69) is 0 Å². The number of allylic oxidation sites excluding steroid dienone is 2. The zero-order valence-corrected chi connectivity index (χ0v) is 8.97. The normalized spacial score (nSPS) is 15.4. The van der Waals surface area contributed by atoms with E-state index in [-0.39, 0.29) is 12.8 Å². The average Bonchev–Trinajstić information content (AvgIpc) is 2.15. The summed E-state index contributed by atoms with van der Waals surface area (Å²) >= 11 is 0. The largest absolute Gasteiger partial charge is 0.460 e. The SMILES string of the molecule is CCC/C=C/C(F)(F)C(F)(F)C(F)(F)C(F)(F)F. The van der Waals surface area contributed by atoms with Gasteiger partial charge in [0.15, 0.2) is 0 Å². The summed E-state index contributed by atoms with van der Waals surface area (Å²) in [5.41, 5.74) is 0. The predicted molar refractivity (Wildman–Crippen MR) is 44.9 cm³/mol. The van der Waals surface area contributed by atoms with E-state index >= 15 is 0 Å². The first-order valence-corrected chi connectivity index (χ1v) is 4.69. The summed E-state index contributed by atoms with van der Waals surface area (Å²) in [4.78, 5) is 0. The third-order valence-corrected chi connectivity index (χ3v) is 1.95. The second-order valence-electron chi connectivity index (χ2n) is 3.46. The van der Waals surface area contributed by atoms with Crippen LogP contribution in [-0.4, -0.2) is 23.9 Å². The van der Waals surface area contributed by atoms with Crippen molar-refractivity contribution < 1.29 is 39.5 Å². The van der Waals surface area contributed by atoms with Gasteiger partial charge in [-0.3, -0.25) is 0 Å². The molecule has 108 valence electrons. The number of halogens is 9. The molecule has 0 rings (SSSR count). The van der Waals surface area contributed by atoms with Crippen LogP contribution in [0.3, 0.4) is 0 Å². The highest BCUT2D eigenvalue weighted by atomic mass is 19.4. The van der Waals surface area contributed by atoms with Crippen LogP contribution in [0.25, 0.3) is 0 Å². The first kappa shape index (κ1) is 17.1. The summed E-state index contributed by atoms with van der Waals surface area (Å²) in [7, 11) is 0. The average molecular weight is 288 g/mol. The van der Waals surface area contributed by atoms with Crippen LogP contribution < -0.4 is 0 Å². The quantitative estimate of drug-likeness (QED) is 0.503. The van der Waals surface area contributed by atoms with Crippen molar-refractivity contribution >= 4 is 0 Å². The topological polar surface area (TPSA) is 0 Å². The molecule has 0 bridgehead atoms. The fourth-order valence-corrected chi connectivity index (χ4v) is 0.890. The Bertz CT molecular complexity index is 300. The lowest BCUT2D eigenvalue weighted by atomic mass is 10.0.